The van der Waals surface area contributed by atoms with E-state index >= 15 is 0 Å². The minimum absolute atomic E-state index is 0.511. The largest absolute Gasteiger partial charge is 0.309 e. The molecule has 0 atom stereocenters. The van der Waals surface area contributed by atoms with Gasteiger partial charge in [-0.25, -0.2) is 24.9 Å². The van der Waals surface area contributed by atoms with Crippen LogP contribution in [0.3, 0.4) is 0 Å². The Morgan fingerprint density at radius 1 is 0.400 bits per heavy atom. The molecule has 0 N–H and O–H groups in total. The van der Waals surface area contributed by atoms with Crippen LogP contribution in [0.2, 0.25) is 0 Å². The number of benzene rings is 6. The van der Waals surface area contributed by atoms with Crippen LogP contribution in [0, 0.1) is 0 Å². The smallest absolute Gasteiger partial charge is 0.183 e. The molecule has 10 aromatic rings. The van der Waals surface area contributed by atoms with Gasteiger partial charge in [0.2, 0.25) is 0 Å². The molecule has 0 spiro atoms. The van der Waals surface area contributed by atoms with Crippen LogP contribution in [0.1, 0.15) is 0 Å². The number of para-hydroxylation sites is 2. The molecule has 0 saturated heterocycles. The van der Waals surface area contributed by atoms with Crippen molar-refractivity contribution in [3.05, 3.63) is 158 Å². The third-order valence-corrected chi connectivity index (χ3v) is 10.2. The van der Waals surface area contributed by atoms with Crippen molar-refractivity contribution < 1.29 is 0 Å². The van der Waals surface area contributed by atoms with Crippen LogP contribution in [0.4, 0.5) is 0 Å². The predicted molar refractivity (Wildman–Crippen MR) is 204 cm³/mol. The lowest BCUT2D eigenvalue weighted by atomic mass is 10.1. The number of thiophene rings is 1. The molecule has 0 aliphatic heterocycles. The molecule has 0 fully saturated rings. The first kappa shape index (κ1) is 28.4. The van der Waals surface area contributed by atoms with Crippen molar-refractivity contribution in [3.8, 4) is 51.4 Å². The highest BCUT2D eigenvalue weighted by Crippen LogP contribution is 2.40. The highest BCUT2D eigenvalue weighted by Gasteiger charge is 2.22. The lowest BCUT2D eigenvalue weighted by Crippen LogP contribution is -2.03. The summed E-state index contributed by atoms with van der Waals surface area (Å²) in [6.45, 7) is 0. The first-order valence-electron chi connectivity index (χ1n) is 16.4. The Morgan fingerprint density at radius 2 is 0.960 bits per heavy atom. The van der Waals surface area contributed by atoms with Crippen LogP contribution >= 0.6 is 11.3 Å². The van der Waals surface area contributed by atoms with E-state index in [1.807, 2.05) is 66.7 Å². The molecular formula is C43H26N6S. The van der Waals surface area contributed by atoms with Gasteiger partial charge < -0.3 is 4.57 Å². The zero-order valence-corrected chi connectivity index (χ0v) is 27.4. The van der Waals surface area contributed by atoms with Gasteiger partial charge in [-0.3, -0.25) is 0 Å². The molecule has 7 heteroatoms. The van der Waals surface area contributed by atoms with Gasteiger partial charge in [-0.05, 0) is 42.5 Å². The molecule has 0 unspecified atom stereocenters. The van der Waals surface area contributed by atoms with Crippen LogP contribution in [0.15, 0.2) is 158 Å². The Kier molecular flexibility index (Phi) is 6.57. The van der Waals surface area contributed by atoms with Gasteiger partial charge in [0.05, 0.1) is 11.0 Å². The minimum atomic E-state index is 0.511. The quantitative estimate of drug-likeness (QED) is 0.184. The summed E-state index contributed by atoms with van der Waals surface area (Å²) in [5.74, 6) is 2.33. The maximum absolute atomic E-state index is 5.32. The van der Waals surface area contributed by atoms with E-state index in [0.717, 1.165) is 59.1 Å². The topological polar surface area (TPSA) is 69.4 Å². The number of nitrogens with zero attached hydrogens (tertiary/aromatic N) is 6. The van der Waals surface area contributed by atoms with Gasteiger partial charge in [-0.15, -0.1) is 11.3 Å². The molecule has 0 saturated carbocycles. The molecule has 4 aromatic heterocycles. The second kappa shape index (κ2) is 11.5. The second-order valence-corrected chi connectivity index (χ2v) is 13.2. The number of rotatable bonds is 5. The summed E-state index contributed by atoms with van der Waals surface area (Å²) in [5, 5.41) is 4.34. The first-order chi connectivity index (χ1) is 24.8. The zero-order valence-electron chi connectivity index (χ0n) is 26.6. The molecule has 0 aliphatic rings. The average molecular weight is 659 g/mol. The zero-order chi connectivity index (χ0) is 33.0. The molecular weight excluding hydrogens is 633 g/mol. The Morgan fingerprint density at radius 3 is 1.68 bits per heavy atom. The Labute approximate surface area is 291 Å². The van der Waals surface area contributed by atoms with E-state index in [-0.39, 0.29) is 0 Å². The lowest BCUT2D eigenvalue weighted by Gasteiger charge is -2.11. The number of aromatic nitrogens is 6. The number of hydrogen-bond donors (Lipinski definition) is 0. The van der Waals surface area contributed by atoms with Crippen LogP contribution in [-0.4, -0.2) is 29.5 Å². The van der Waals surface area contributed by atoms with E-state index in [1.54, 1.807) is 11.3 Å². The number of hydrogen-bond acceptors (Lipinski definition) is 6. The van der Waals surface area contributed by atoms with E-state index < -0.39 is 0 Å². The SMILES string of the molecule is c1ccc(-c2nc(-c3ccccc3)nc(-c3nc(-c4ccc5c(c4)c4ccccc4n5-c4ccccc4)nc4sc5ccccc5c34)n2)cc1. The predicted octanol–water partition coefficient (Wildman–Crippen LogP) is 10.8. The van der Waals surface area contributed by atoms with Gasteiger partial charge in [0, 0.05) is 48.6 Å². The van der Waals surface area contributed by atoms with Gasteiger partial charge in [0.1, 0.15) is 10.5 Å². The molecule has 234 valence electrons. The Hall–Kier alpha value is -6.57. The summed E-state index contributed by atoms with van der Waals surface area (Å²) in [5.41, 5.74) is 6.83. The fraction of sp³-hybridized carbons (Fsp3) is 0. The van der Waals surface area contributed by atoms with E-state index in [0.29, 0.717) is 29.0 Å². The average Bonchev–Trinajstić information content (AvgIpc) is 3.74. The van der Waals surface area contributed by atoms with Crippen LogP contribution in [-0.2, 0) is 0 Å². The van der Waals surface area contributed by atoms with Crippen LogP contribution in [0.25, 0.3) is 93.5 Å². The Balaban J connectivity index is 1.24. The number of fused-ring (bicyclic) bond motifs is 6. The maximum atomic E-state index is 5.32. The van der Waals surface area contributed by atoms with Gasteiger partial charge >= 0.3 is 0 Å². The summed E-state index contributed by atoms with van der Waals surface area (Å²) in [7, 11) is 0. The molecule has 0 aliphatic carbocycles. The van der Waals surface area contributed by atoms with Gasteiger partial charge in [-0.2, -0.15) is 0 Å². The van der Waals surface area contributed by atoms with Gasteiger partial charge in [0.25, 0.3) is 0 Å². The third-order valence-electron chi connectivity index (χ3n) is 9.10. The summed E-state index contributed by atoms with van der Waals surface area (Å²) < 4.78 is 3.45. The summed E-state index contributed by atoms with van der Waals surface area (Å²) in [6.07, 6.45) is 0. The van der Waals surface area contributed by atoms with Crippen LogP contribution < -0.4 is 0 Å². The Bertz CT molecular complexity index is 2810. The fourth-order valence-corrected chi connectivity index (χ4v) is 7.87. The molecule has 4 heterocycles. The molecule has 50 heavy (non-hydrogen) atoms. The third kappa shape index (κ3) is 4.67. The van der Waals surface area contributed by atoms with Gasteiger partial charge in [0.15, 0.2) is 23.3 Å². The highest BCUT2D eigenvalue weighted by atomic mass is 32.1. The first-order valence-corrected chi connectivity index (χ1v) is 17.3. The van der Waals surface area contributed by atoms with E-state index in [9.17, 15) is 0 Å². The van der Waals surface area contributed by atoms with E-state index in [1.165, 1.54) is 5.39 Å². The van der Waals surface area contributed by atoms with Crippen molar-refractivity contribution in [3.63, 3.8) is 0 Å². The molecule has 6 aromatic carbocycles. The van der Waals surface area contributed by atoms with Crippen molar-refractivity contribution in [1.82, 2.24) is 29.5 Å². The normalized spacial score (nSPS) is 11.6. The summed E-state index contributed by atoms with van der Waals surface area (Å²) in [6, 6.07) is 54.0. The van der Waals surface area contributed by atoms with Crippen molar-refractivity contribution in [2.45, 2.75) is 0 Å². The fourth-order valence-electron chi connectivity index (χ4n) is 6.80. The van der Waals surface area contributed by atoms with Crippen molar-refractivity contribution in [2.24, 2.45) is 0 Å². The van der Waals surface area contributed by atoms with Crippen molar-refractivity contribution >= 4 is 53.4 Å². The van der Waals surface area contributed by atoms with Crippen molar-refractivity contribution in [2.75, 3.05) is 0 Å². The summed E-state index contributed by atoms with van der Waals surface area (Å²) in [4.78, 5) is 26.5. The molecule has 0 bridgehead atoms. The summed E-state index contributed by atoms with van der Waals surface area (Å²) >= 11 is 1.66. The standard InChI is InChI=1S/C43H26N6S/c1-4-14-27(15-5-1)39-45-40(28-16-6-2-7-17-28)47-42(46-39)38-37-32-21-11-13-23-36(32)50-43(37)48-41(44-38)29-24-25-35-33(26-29)31-20-10-12-22-34(31)49(35)30-18-8-3-9-19-30/h1-26H. The maximum Gasteiger partial charge on any atom is 0.183 e. The van der Waals surface area contributed by atoms with Gasteiger partial charge in [-0.1, -0.05) is 115 Å². The van der Waals surface area contributed by atoms with Crippen molar-refractivity contribution in [1.29, 1.82) is 0 Å². The molecule has 10 rings (SSSR count). The lowest BCUT2D eigenvalue weighted by molar-refractivity contribution is 1.06. The monoisotopic (exact) mass is 658 g/mol. The molecule has 0 radical (unpaired) electrons. The van der Waals surface area contributed by atoms with Crippen LogP contribution in [0.5, 0.6) is 0 Å². The highest BCUT2D eigenvalue weighted by molar-refractivity contribution is 7.25. The molecule has 6 nitrogen and oxygen atoms in total. The second-order valence-electron chi connectivity index (χ2n) is 12.1. The van der Waals surface area contributed by atoms with E-state index in [4.69, 9.17) is 24.9 Å². The minimum Gasteiger partial charge on any atom is -0.309 e. The molecule has 0 amide bonds. The van der Waals surface area contributed by atoms with E-state index in [2.05, 4.69) is 95.6 Å².